The van der Waals surface area contributed by atoms with Gasteiger partial charge in [-0.2, -0.15) is 0 Å². The summed E-state index contributed by atoms with van der Waals surface area (Å²) in [7, 11) is 0. The van der Waals surface area contributed by atoms with Crippen LogP contribution in [0.1, 0.15) is 0 Å². The summed E-state index contributed by atoms with van der Waals surface area (Å²) >= 11 is 3.71. The lowest BCUT2D eigenvalue weighted by Crippen LogP contribution is -1.97. The molecular weight excluding hydrogens is 693 g/mol. The van der Waals surface area contributed by atoms with Gasteiger partial charge in [-0.15, -0.1) is 22.7 Å². The van der Waals surface area contributed by atoms with Crippen LogP contribution in [0.25, 0.3) is 107 Å². The summed E-state index contributed by atoms with van der Waals surface area (Å²) in [5.41, 5.74) is 9.61. The lowest BCUT2D eigenvalue weighted by atomic mass is 9.93. The first-order valence-corrected chi connectivity index (χ1v) is 19.8. The Kier molecular flexibility index (Phi) is 7.25. The molecule has 0 saturated carbocycles. The summed E-state index contributed by atoms with van der Waals surface area (Å²) in [6.07, 6.45) is 0. The zero-order valence-electron chi connectivity index (χ0n) is 29.0. The lowest BCUT2D eigenvalue weighted by molar-refractivity contribution is 1.18. The van der Waals surface area contributed by atoms with Crippen LogP contribution in [0.5, 0.6) is 0 Å². The van der Waals surface area contributed by atoms with Crippen molar-refractivity contribution in [1.82, 2.24) is 9.97 Å². The minimum Gasteiger partial charge on any atom is -0.228 e. The molecule has 11 aromatic rings. The maximum absolute atomic E-state index is 5.30. The third-order valence-electron chi connectivity index (χ3n) is 10.5. The van der Waals surface area contributed by atoms with E-state index in [-0.39, 0.29) is 0 Å². The Bertz CT molecular complexity index is 3220. The Balaban J connectivity index is 1.16. The van der Waals surface area contributed by atoms with Gasteiger partial charge in [-0.3, -0.25) is 0 Å². The van der Waals surface area contributed by atoms with Gasteiger partial charge >= 0.3 is 0 Å². The van der Waals surface area contributed by atoms with Crippen LogP contribution in [0.3, 0.4) is 0 Å². The van der Waals surface area contributed by atoms with E-state index >= 15 is 0 Å². The number of rotatable bonds is 5. The van der Waals surface area contributed by atoms with Gasteiger partial charge in [0.15, 0.2) is 5.82 Å². The zero-order chi connectivity index (χ0) is 35.6. The third-order valence-corrected chi connectivity index (χ3v) is 12.8. The smallest absolute Gasteiger partial charge is 0.160 e. The second-order valence-electron chi connectivity index (χ2n) is 13.8. The molecule has 0 aliphatic carbocycles. The van der Waals surface area contributed by atoms with Gasteiger partial charge in [-0.05, 0) is 87.6 Å². The second-order valence-corrected chi connectivity index (χ2v) is 15.9. The van der Waals surface area contributed by atoms with E-state index in [2.05, 4.69) is 176 Å². The van der Waals surface area contributed by atoms with E-state index in [1.807, 2.05) is 28.7 Å². The van der Waals surface area contributed by atoms with Crippen molar-refractivity contribution in [2.24, 2.45) is 0 Å². The van der Waals surface area contributed by atoms with Crippen molar-refractivity contribution in [3.05, 3.63) is 182 Å². The molecule has 4 heteroatoms. The Morgan fingerprint density at radius 1 is 0.296 bits per heavy atom. The van der Waals surface area contributed by atoms with Crippen LogP contribution in [0.4, 0.5) is 0 Å². The summed E-state index contributed by atoms with van der Waals surface area (Å²) in [5, 5.41) is 7.56. The molecule has 11 rings (SSSR count). The average molecular weight is 723 g/mol. The number of fused-ring (bicyclic) bond motifs is 7. The Hall–Kier alpha value is -6.46. The summed E-state index contributed by atoms with van der Waals surface area (Å²) in [4.78, 5) is 10.5. The molecule has 0 aliphatic heterocycles. The fourth-order valence-corrected chi connectivity index (χ4v) is 10.0. The van der Waals surface area contributed by atoms with E-state index in [0.29, 0.717) is 5.82 Å². The van der Waals surface area contributed by atoms with Crippen LogP contribution in [-0.4, -0.2) is 9.97 Å². The molecule has 54 heavy (non-hydrogen) atoms. The van der Waals surface area contributed by atoms with Gasteiger partial charge in [0.1, 0.15) is 0 Å². The molecule has 0 saturated heterocycles. The van der Waals surface area contributed by atoms with Gasteiger partial charge in [0.2, 0.25) is 0 Å². The van der Waals surface area contributed by atoms with E-state index < -0.39 is 0 Å². The van der Waals surface area contributed by atoms with Gasteiger partial charge in [-0.25, -0.2) is 9.97 Å². The standard InChI is InChI=1S/C50H30N2S2/c1-2-12-32(13-3-1)50-51-44(30-45(52-50)39-18-10-14-31-11-4-5-15-38(31)39)37-26-35(33-22-24-48-43(28-33)41-17-7-9-20-47(41)53-48)25-36(27-37)34-21-23-42-40-16-6-8-19-46(40)54-49(42)29-34/h1-30H. The van der Waals surface area contributed by atoms with Crippen molar-refractivity contribution in [2.45, 2.75) is 0 Å². The first kappa shape index (κ1) is 31.1. The number of aromatic nitrogens is 2. The number of benzene rings is 8. The average Bonchev–Trinajstić information content (AvgIpc) is 3.81. The minimum atomic E-state index is 0.709. The molecule has 0 bridgehead atoms. The zero-order valence-corrected chi connectivity index (χ0v) is 30.7. The minimum absolute atomic E-state index is 0.709. The Morgan fingerprint density at radius 2 is 0.870 bits per heavy atom. The number of hydrogen-bond donors (Lipinski definition) is 0. The van der Waals surface area contributed by atoms with Gasteiger partial charge in [0.05, 0.1) is 11.4 Å². The fourth-order valence-electron chi connectivity index (χ4n) is 7.82. The maximum Gasteiger partial charge on any atom is 0.160 e. The first-order valence-electron chi connectivity index (χ1n) is 18.1. The normalized spacial score (nSPS) is 11.7. The van der Waals surface area contributed by atoms with Crippen LogP contribution in [-0.2, 0) is 0 Å². The van der Waals surface area contributed by atoms with Crippen LogP contribution >= 0.6 is 22.7 Å². The molecule has 0 amide bonds. The van der Waals surface area contributed by atoms with Crippen molar-refractivity contribution in [2.75, 3.05) is 0 Å². The van der Waals surface area contributed by atoms with Crippen molar-refractivity contribution in [3.8, 4) is 56.2 Å². The largest absolute Gasteiger partial charge is 0.228 e. The molecule has 0 fully saturated rings. The predicted octanol–water partition coefficient (Wildman–Crippen LogP) is 14.7. The quantitative estimate of drug-likeness (QED) is 0.177. The molecule has 3 heterocycles. The van der Waals surface area contributed by atoms with Crippen LogP contribution in [0.2, 0.25) is 0 Å². The van der Waals surface area contributed by atoms with Gasteiger partial charge < -0.3 is 0 Å². The van der Waals surface area contributed by atoms with Gasteiger partial charge in [0, 0.05) is 57.0 Å². The highest BCUT2D eigenvalue weighted by molar-refractivity contribution is 7.26. The van der Waals surface area contributed by atoms with Crippen molar-refractivity contribution >= 4 is 73.8 Å². The molecule has 0 radical (unpaired) electrons. The molecule has 2 nitrogen and oxygen atoms in total. The number of hydrogen-bond acceptors (Lipinski definition) is 4. The van der Waals surface area contributed by atoms with Crippen LogP contribution in [0.15, 0.2) is 182 Å². The van der Waals surface area contributed by atoms with E-state index in [1.165, 1.54) is 62.2 Å². The molecular formula is C50H30N2S2. The SMILES string of the molecule is c1ccc(-c2nc(-c3cc(-c4ccc5c(c4)sc4ccccc45)cc(-c4ccc5sc6ccccc6c5c4)c3)cc(-c3cccc4ccccc34)n2)cc1. The molecule has 0 N–H and O–H groups in total. The lowest BCUT2D eigenvalue weighted by Gasteiger charge is -2.14. The molecule has 0 unspecified atom stereocenters. The molecule has 252 valence electrons. The third kappa shape index (κ3) is 5.30. The van der Waals surface area contributed by atoms with Gasteiger partial charge in [-0.1, -0.05) is 127 Å². The first-order chi connectivity index (χ1) is 26.7. The van der Waals surface area contributed by atoms with E-state index in [9.17, 15) is 0 Å². The Labute approximate surface area is 320 Å². The highest BCUT2D eigenvalue weighted by Gasteiger charge is 2.16. The number of thiophene rings is 2. The number of nitrogens with zero attached hydrogens (tertiary/aromatic N) is 2. The predicted molar refractivity (Wildman–Crippen MR) is 232 cm³/mol. The maximum atomic E-state index is 5.30. The van der Waals surface area contributed by atoms with Crippen LogP contribution < -0.4 is 0 Å². The van der Waals surface area contributed by atoms with Crippen molar-refractivity contribution in [3.63, 3.8) is 0 Å². The summed E-state index contributed by atoms with van der Waals surface area (Å²) < 4.78 is 5.21. The van der Waals surface area contributed by atoms with Gasteiger partial charge in [0.25, 0.3) is 0 Å². The summed E-state index contributed by atoms with van der Waals surface area (Å²) in [6, 6.07) is 65.7. The highest BCUT2D eigenvalue weighted by Crippen LogP contribution is 2.41. The topological polar surface area (TPSA) is 25.8 Å². The monoisotopic (exact) mass is 722 g/mol. The second kappa shape index (κ2) is 12.6. The van der Waals surface area contributed by atoms with Crippen LogP contribution in [0, 0.1) is 0 Å². The molecule has 0 aliphatic rings. The van der Waals surface area contributed by atoms with E-state index in [0.717, 1.165) is 39.2 Å². The highest BCUT2D eigenvalue weighted by atomic mass is 32.1. The Morgan fingerprint density at radius 3 is 1.69 bits per heavy atom. The van der Waals surface area contributed by atoms with Crippen molar-refractivity contribution in [1.29, 1.82) is 0 Å². The fraction of sp³-hybridized carbons (Fsp3) is 0. The molecule has 0 spiro atoms. The molecule has 8 aromatic carbocycles. The van der Waals surface area contributed by atoms with E-state index in [4.69, 9.17) is 9.97 Å². The summed E-state index contributed by atoms with van der Waals surface area (Å²) in [5.74, 6) is 0.709. The van der Waals surface area contributed by atoms with E-state index in [1.54, 1.807) is 0 Å². The molecule has 3 aromatic heterocycles. The molecule has 0 atom stereocenters. The summed E-state index contributed by atoms with van der Waals surface area (Å²) in [6.45, 7) is 0. The van der Waals surface area contributed by atoms with Crippen molar-refractivity contribution < 1.29 is 0 Å².